The van der Waals surface area contributed by atoms with Gasteiger partial charge >= 0.3 is 0 Å². The zero-order valence-electron chi connectivity index (χ0n) is 11.5. The molecule has 3 rings (SSSR count). The van der Waals surface area contributed by atoms with Gasteiger partial charge in [0, 0.05) is 16.8 Å². The molecule has 1 heterocycles. The van der Waals surface area contributed by atoms with Crippen molar-refractivity contribution in [3.8, 4) is 0 Å². The first-order chi connectivity index (χ1) is 10.3. The number of aromatic nitrogens is 2. The van der Waals surface area contributed by atoms with Gasteiger partial charge in [-0.3, -0.25) is 0 Å². The Kier molecular flexibility index (Phi) is 4.39. The van der Waals surface area contributed by atoms with Crippen molar-refractivity contribution in [2.24, 2.45) is 0 Å². The second kappa shape index (κ2) is 6.43. The first-order valence-electron chi connectivity index (χ1n) is 6.59. The van der Waals surface area contributed by atoms with Gasteiger partial charge in [-0.25, -0.2) is 9.97 Å². The Morgan fingerprint density at radius 3 is 2.81 bits per heavy atom. The summed E-state index contributed by atoms with van der Waals surface area (Å²) in [6.07, 6.45) is 1.60. The summed E-state index contributed by atoms with van der Waals surface area (Å²) >= 11 is 7.96. The fourth-order valence-corrected chi connectivity index (χ4v) is 3.48. The molecule has 0 spiro atoms. The van der Waals surface area contributed by atoms with Crippen LogP contribution in [0.5, 0.6) is 0 Å². The lowest BCUT2D eigenvalue weighted by Crippen LogP contribution is -2.06. The van der Waals surface area contributed by atoms with Crippen LogP contribution < -0.4 is 5.32 Å². The van der Waals surface area contributed by atoms with Crippen LogP contribution in [0.1, 0.15) is 5.56 Å². The molecule has 21 heavy (non-hydrogen) atoms. The van der Waals surface area contributed by atoms with E-state index >= 15 is 0 Å². The van der Waals surface area contributed by atoms with Crippen LogP contribution in [0.25, 0.3) is 10.9 Å². The first-order valence-corrected chi connectivity index (χ1v) is 7.78. The van der Waals surface area contributed by atoms with Crippen molar-refractivity contribution in [1.29, 1.82) is 0 Å². The quantitative estimate of drug-likeness (QED) is 0.734. The van der Waals surface area contributed by atoms with Crippen LogP contribution in [0.15, 0.2) is 58.7 Å². The van der Waals surface area contributed by atoms with Gasteiger partial charge in [-0.05, 0) is 24.7 Å². The Bertz CT molecular complexity index is 771. The molecule has 3 aromatic rings. The number of nitrogens with zero attached hydrogens (tertiary/aromatic N) is 2. The van der Waals surface area contributed by atoms with Gasteiger partial charge in [-0.1, -0.05) is 53.7 Å². The summed E-state index contributed by atoms with van der Waals surface area (Å²) < 4.78 is 0. The van der Waals surface area contributed by atoms with Crippen molar-refractivity contribution in [3.05, 3.63) is 59.4 Å². The average molecular weight is 316 g/mol. The predicted molar refractivity (Wildman–Crippen MR) is 87.9 cm³/mol. The molecule has 5 heteroatoms. The van der Waals surface area contributed by atoms with Crippen LogP contribution in [0.2, 0.25) is 5.02 Å². The lowest BCUT2D eigenvalue weighted by molar-refractivity contribution is 0.803. The molecule has 106 valence electrons. The predicted octanol–water partition coefficient (Wildman–Crippen LogP) is 4.15. The summed E-state index contributed by atoms with van der Waals surface area (Å²) in [6, 6.07) is 14.0. The van der Waals surface area contributed by atoms with Gasteiger partial charge in [0.15, 0.2) is 0 Å². The highest BCUT2D eigenvalue weighted by molar-refractivity contribution is 7.99. The van der Waals surface area contributed by atoms with Crippen molar-refractivity contribution in [2.75, 3.05) is 7.05 Å². The third kappa shape index (κ3) is 3.02. The van der Waals surface area contributed by atoms with Gasteiger partial charge in [0.05, 0.1) is 10.5 Å². The van der Waals surface area contributed by atoms with E-state index in [0.717, 1.165) is 38.0 Å². The second-order valence-corrected chi connectivity index (χ2v) is 5.96. The van der Waals surface area contributed by atoms with Crippen LogP contribution >= 0.6 is 23.4 Å². The van der Waals surface area contributed by atoms with Crippen LogP contribution in [0.4, 0.5) is 0 Å². The molecule has 0 aliphatic carbocycles. The van der Waals surface area contributed by atoms with Gasteiger partial charge in [0.2, 0.25) is 0 Å². The number of hydrogen-bond donors (Lipinski definition) is 1. The molecule has 0 bridgehead atoms. The highest BCUT2D eigenvalue weighted by Crippen LogP contribution is 2.37. The molecule has 2 aromatic carbocycles. The van der Waals surface area contributed by atoms with Crippen molar-refractivity contribution in [3.63, 3.8) is 0 Å². The number of halogens is 1. The topological polar surface area (TPSA) is 37.8 Å². The normalized spacial score (nSPS) is 11.0. The van der Waals surface area contributed by atoms with Crippen molar-refractivity contribution < 1.29 is 0 Å². The smallest absolute Gasteiger partial charge is 0.117 e. The third-order valence-corrected chi connectivity index (χ3v) is 4.75. The fourth-order valence-electron chi connectivity index (χ4n) is 2.16. The SMILES string of the molecule is CNCc1cccc(Cl)c1Sc1ncnc2ccccc12. The Hall–Kier alpha value is -1.62. The largest absolute Gasteiger partial charge is 0.316 e. The summed E-state index contributed by atoms with van der Waals surface area (Å²) in [4.78, 5) is 9.75. The molecule has 1 aromatic heterocycles. The summed E-state index contributed by atoms with van der Waals surface area (Å²) in [6.45, 7) is 0.770. The molecular weight excluding hydrogens is 302 g/mol. The maximum absolute atomic E-state index is 6.37. The van der Waals surface area contributed by atoms with Gasteiger partial charge in [-0.15, -0.1) is 0 Å². The van der Waals surface area contributed by atoms with Gasteiger partial charge in [0.1, 0.15) is 11.4 Å². The summed E-state index contributed by atoms with van der Waals surface area (Å²) in [5, 5.41) is 5.88. The van der Waals surface area contributed by atoms with Crippen molar-refractivity contribution in [1.82, 2.24) is 15.3 Å². The van der Waals surface area contributed by atoms with Crippen molar-refractivity contribution in [2.45, 2.75) is 16.5 Å². The Morgan fingerprint density at radius 1 is 1.10 bits per heavy atom. The van der Waals surface area contributed by atoms with Gasteiger partial charge < -0.3 is 5.32 Å². The highest BCUT2D eigenvalue weighted by Gasteiger charge is 2.11. The zero-order chi connectivity index (χ0) is 14.7. The minimum absolute atomic E-state index is 0.746. The molecule has 0 saturated heterocycles. The zero-order valence-corrected chi connectivity index (χ0v) is 13.1. The number of benzene rings is 2. The van der Waals surface area contributed by atoms with Crippen LogP contribution in [0.3, 0.4) is 0 Å². The van der Waals surface area contributed by atoms with E-state index in [0.29, 0.717) is 0 Å². The third-order valence-electron chi connectivity index (χ3n) is 3.12. The van der Waals surface area contributed by atoms with E-state index in [2.05, 4.69) is 21.4 Å². The van der Waals surface area contributed by atoms with E-state index in [1.165, 1.54) is 0 Å². The van der Waals surface area contributed by atoms with E-state index in [-0.39, 0.29) is 0 Å². The molecule has 1 N–H and O–H groups in total. The minimum Gasteiger partial charge on any atom is -0.316 e. The summed E-state index contributed by atoms with van der Waals surface area (Å²) in [5.74, 6) is 0. The lowest BCUT2D eigenvalue weighted by atomic mass is 10.2. The molecule has 0 unspecified atom stereocenters. The monoisotopic (exact) mass is 315 g/mol. The van der Waals surface area contributed by atoms with E-state index in [4.69, 9.17) is 11.6 Å². The van der Waals surface area contributed by atoms with E-state index in [1.807, 2.05) is 43.4 Å². The summed E-state index contributed by atoms with van der Waals surface area (Å²) in [5.41, 5.74) is 2.11. The standard InChI is InChI=1S/C16H14ClN3S/c1-18-9-11-5-4-7-13(17)15(11)21-16-12-6-2-3-8-14(12)19-10-20-16/h2-8,10,18H,9H2,1H3. The number of para-hydroxylation sites is 1. The molecule has 0 saturated carbocycles. The maximum Gasteiger partial charge on any atom is 0.117 e. The minimum atomic E-state index is 0.746. The van der Waals surface area contributed by atoms with Crippen molar-refractivity contribution >= 4 is 34.3 Å². The molecule has 0 atom stereocenters. The van der Waals surface area contributed by atoms with Gasteiger partial charge in [-0.2, -0.15) is 0 Å². The second-order valence-electron chi connectivity index (χ2n) is 4.56. The van der Waals surface area contributed by atoms with E-state index in [9.17, 15) is 0 Å². The molecule has 0 aliphatic heterocycles. The molecule has 3 nitrogen and oxygen atoms in total. The average Bonchev–Trinajstić information content (AvgIpc) is 2.51. The number of nitrogens with one attached hydrogen (secondary N) is 1. The maximum atomic E-state index is 6.37. The van der Waals surface area contributed by atoms with Crippen LogP contribution in [0, 0.1) is 0 Å². The number of rotatable bonds is 4. The van der Waals surface area contributed by atoms with Crippen LogP contribution in [-0.4, -0.2) is 17.0 Å². The molecule has 0 amide bonds. The van der Waals surface area contributed by atoms with E-state index in [1.54, 1.807) is 18.1 Å². The Morgan fingerprint density at radius 2 is 1.95 bits per heavy atom. The molecule has 0 fully saturated rings. The van der Waals surface area contributed by atoms with E-state index < -0.39 is 0 Å². The Balaban J connectivity index is 2.07. The Labute approximate surface area is 132 Å². The van der Waals surface area contributed by atoms with Crippen LogP contribution in [-0.2, 0) is 6.54 Å². The van der Waals surface area contributed by atoms with Gasteiger partial charge in [0.25, 0.3) is 0 Å². The fraction of sp³-hybridized carbons (Fsp3) is 0.125. The lowest BCUT2D eigenvalue weighted by Gasteiger charge is -2.11. The number of fused-ring (bicyclic) bond motifs is 1. The summed E-state index contributed by atoms with van der Waals surface area (Å²) in [7, 11) is 1.93. The molecule has 0 radical (unpaired) electrons. The molecule has 0 aliphatic rings. The number of hydrogen-bond acceptors (Lipinski definition) is 4. The molecular formula is C16H14ClN3S. The highest BCUT2D eigenvalue weighted by atomic mass is 35.5. The first kappa shape index (κ1) is 14.3.